The number of amides is 1. The summed E-state index contributed by atoms with van der Waals surface area (Å²) < 4.78 is 0. The van der Waals surface area contributed by atoms with Gasteiger partial charge in [0.05, 0.1) is 11.0 Å². The van der Waals surface area contributed by atoms with Crippen LogP contribution >= 0.6 is 23.2 Å². The summed E-state index contributed by atoms with van der Waals surface area (Å²) in [5, 5.41) is 5.55. The van der Waals surface area contributed by atoms with Crippen molar-refractivity contribution >= 4 is 67.5 Å². The third kappa shape index (κ3) is 38.7. The zero-order chi connectivity index (χ0) is 65.9. The van der Waals surface area contributed by atoms with Crippen LogP contribution in [0, 0.1) is 6.92 Å². The van der Waals surface area contributed by atoms with Crippen LogP contribution in [-0.2, 0) is 35.3 Å². The summed E-state index contributed by atoms with van der Waals surface area (Å²) >= 11 is 11.4. The number of hydrogen-bond acceptors (Lipinski definition) is 5. The van der Waals surface area contributed by atoms with E-state index in [1.54, 1.807) is 0 Å². The van der Waals surface area contributed by atoms with Crippen molar-refractivity contribution in [3.8, 4) is 0 Å². The molecule has 0 unspecified atom stereocenters. The molecule has 87 heavy (non-hydrogen) atoms. The lowest BCUT2D eigenvalue weighted by atomic mass is 10.0. The van der Waals surface area contributed by atoms with Gasteiger partial charge in [0.25, 0.3) is 0 Å². The number of hydrogen-bond donors (Lipinski definition) is 2. The number of rotatable bonds is 11. The molecule has 1 amide bonds. The zero-order valence-corrected chi connectivity index (χ0v) is 57.4. The Morgan fingerprint density at radius 1 is 0.391 bits per heavy atom. The van der Waals surface area contributed by atoms with Crippen LogP contribution in [0.3, 0.4) is 0 Å². The van der Waals surface area contributed by atoms with E-state index in [1.165, 1.54) is 27.6 Å². The van der Waals surface area contributed by atoms with E-state index in [0.717, 1.165) is 70.3 Å². The number of carbonyl (C=O) groups is 2. The molecule has 3 N–H and O–H groups in total. The molecule has 0 bridgehead atoms. The lowest BCUT2D eigenvalue weighted by Crippen LogP contribution is -2.12. The number of benzene rings is 8. The second-order valence-electron chi connectivity index (χ2n) is 16.5. The van der Waals surface area contributed by atoms with Crippen LogP contribution in [0.15, 0.2) is 243 Å². The quantitative estimate of drug-likeness (QED) is 0.0764. The summed E-state index contributed by atoms with van der Waals surface area (Å²) in [5.74, 6) is 0.0556. The van der Waals surface area contributed by atoms with Crippen LogP contribution in [0.5, 0.6) is 0 Å². The van der Waals surface area contributed by atoms with Gasteiger partial charge < -0.3 is 11.1 Å². The molecule has 0 saturated carbocycles. The Bertz CT molecular complexity index is 3010. The molecule has 2 heterocycles. The third-order valence-electron chi connectivity index (χ3n) is 11.0. The standard InChI is InChI=1S/C17H15N.C16H12ClN.C15H15NO.C9H9ClO.C6H7N.8C2H6/c1-13-16(11-14-7-3-2-4-8-14)12-15-9-5-6-10-17(15)18-13;17-16-14(10-12-6-2-1-3-7-12)11-13-8-4-5-9-15(13)18-16;17-15(16-14-9-5-2-6-10-14)12-11-13-7-3-1-4-8-13;10-9(11)7-6-8-4-2-1-3-5-8;7-6-4-2-1-3-5-6;8*1-2/h2-10,12H,11H2,1H3;1-9,11H,10H2;1-10H,11-12H2,(H,16,17);1-5H,6-7H2;1-5H,7H2;8*1-2H3. The maximum absolute atomic E-state index is 11.7. The van der Waals surface area contributed by atoms with Gasteiger partial charge in [0.1, 0.15) is 5.15 Å². The van der Waals surface area contributed by atoms with Gasteiger partial charge in [0.2, 0.25) is 11.1 Å². The molecule has 6 nitrogen and oxygen atoms in total. The Morgan fingerprint density at radius 2 is 0.701 bits per heavy atom. The van der Waals surface area contributed by atoms with Crippen LogP contribution in [0.2, 0.25) is 5.15 Å². The highest BCUT2D eigenvalue weighted by molar-refractivity contribution is 6.63. The summed E-state index contributed by atoms with van der Waals surface area (Å²) in [6.45, 7) is 34.1. The number of pyridine rings is 2. The Balaban J connectivity index is -0.000000977. The third-order valence-corrected chi connectivity index (χ3v) is 11.6. The van der Waals surface area contributed by atoms with Gasteiger partial charge in [0.15, 0.2) is 0 Å². The molecule has 10 rings (SSSR count). The van der Waals surface area contributed by atoms with Crippen LogP contribution in [0.1, 0.15) is 163 Å². The van der Waals surface area contributed by atoms with E-state index in [2.05, 4.69) is 101 Å². The van der Waals surface area contributed by atoms with Crippen molar-refractivity contribution in [1.29, 1.82) is 0 Å². The van der Waals surface area contributed by atoms with Crippen molar-refractivity contribution in [3.63, 3.8) is 0 Å². The van der Waals surface area contributed by atoms with Gasteiger partial charge in [-0.2, -0.15) is 0 Å². The second-order valence-corrected chi connectivity index (χ2v) is 17.3. The average molecular weight is 1210 g/mol. The van der Waals surface area contributed by atoms with Crippen molar-refractivity contribution in [3.05, 3.63) is 287 Å². The van der Waals surface area contributed by atoms with Gasteiger partial charge in [-0.25, -0.2) is 4.98 Å². The van der Waals surface area contributed by atoms with Gasteiger partial charge in [-0.3, -0.25) is 14.6 Å². The molecular formula is C79H106Cl2N4O2. The van der Waals surface area contributed by atoms with Gasteiger partial charge in [-0.05, 0) is 120 Å². The molecule has 2 aromatic heterocycles. The molecule has 0 radical (unpaired) electrons. The van der Waals surface area contributed by atoms with E-state index in [9.17, 15) is 9.59 Å². The number of carbonyl (C=O) groups excluding carboxylic acids is 2. The van der Waals surface area contributed by atoms with Crippen molar-refractivity contribution < 1.29 is 9.59 Å². The minimum absolute atomic E-state index is 0.0556. The van der Waals surface area contributed by atoms with Crippen molar-refractivity contribution in [1.82, 2.24) is 9.97 Å². The fourth-order valence-corrected chi connectivity index (χ4v) is 7.62. The number of aromatic nitrogens is 2. The number of nitrogen functional groups attached to an aromatic ring is 1. The van der Waals surface area contributed by atoms with E-state index in [0.29, 0.717) is 18.0 Å². The molecule has 8 heteroatoms. The number of nitrogens with zero attached hydrogens (tertiary/aromatic N) is 2. The van der Waals surface area contributed by atoms with Crippen LogP contribution < -0.4 is 11.1 Å². The average Bonchev–Trinajstić information content (AvgIpc) is 3.77. The zero-order valence-electron chi connectivity index (χ0n) is 55.9. The number of para-hydroxylation sites is 4. The Morgan fingerprint density at radius 3 is 1.08 bits per heavy atom. The highest BCUT2D eigenvalue weighted by Gasteiger charge is 2.07. The van der Waals surface area contributed by atoms with Crippen molar-refractivity contribution in [2.24, 2.45) is 0 Å². The molecule has 0 atom stereocenters. The van der Waals surface area contributed by atoms with E-state index >= 15 is 0 Å². The number of halogens is 2. The van der Waals surface area contributed by atoms with Crippen LogP contribution in [-0.4, -0.2) is 21.1 Å². The molecule has 0 spiro atoms. The highest BCUT2D eigenvalue weighted by atomic mass is 35.5. The molecule has 8 aromatic carbocycles. The summed E-state index contributed by atoms with van der Waals surface area (Å²) in [4.78, 5) is 31.2. The maximum atomic E-state index is 11.7. The fraction of sp³-hybridized carbons (Fsp3) is 0.291. The lowest BCUT2D eigenvalue weighted by molar-refractivity contribution is -0.116. The fourth-order valence-electron chi connectivity index (χ4n) is 7.31. The maximum Gasteiger partial charge on any atom is 0.224 e. The number of aryl methyl sites for hydroxylation is 3. The largest absolute Gasteiger partial charge is 0.399 e. The van der Waals surface area contributed by atoms with Gasteiger partial charge in [-0.15, -0.1) is 0 Å². The first-order valence-corrected chi connectivity index (χ1v) is 32.3. The molecule has 10 aromatic rings. The van der Waals surface area contributed by atoms with E-state index in [-0.39, 0.29) is 11.1 Å². The van der Waals surface area contributed by atoms with Crippen LogP contribution in [0.4, 0.5) is 11.4 Å². The van der Waals surface area contributed by atoms with E-state index in [4.69, 9.17) is 28.9 Å². The summed E-state index contributed by atoms with van der Waals surface area (Å²) in [6.07, 6.45) is 4.22. The van der Waals surface area contributed by atoms with Gasteiger partial charge in [0, 0.05) is 47.1 Å². The number of nitrogens with two attached hydrogens (primary N) is 1. The SMILES string of the molecule is CC.CC.CC.CC.CC.CC.CC.CC.Cc1nc2ccccc2cc1Cc1ccccc1.Clc1nc2ccccc2cc1Cc1ccccc1.Nc1ccccc1.O=C(CCc1ccccc1)Nc1ccccc1.O=C(Cl)CCc1ccccc1. The van der Waals surface area contributed by atoms with E-state index in [1.807, 2.05) is 275 Å². The highest BCUT2D eigenvalue weighted by Crippen LogP contribution is 2.23. The Kier molecular flexibility index (Phi) is 56.0. The lowest BCUT2D eigenvalue weighted by Gasteiger charge is -2.07. The Labute approximate surface area is 538 Å². The monoisotopic (exact) mass is 1210 g/mol. The molecule has 0 saturated heterocycles. The summed E-state index contributed by atoms with van der Waals surface area (Å²) in [7, 11) is 0. The number of nitrogens with one attached hydrogen (secondary N) is 1. The molecule has 0 aliphatic heterocycles. The smallest absolute Gasteiger partial charge is 0.224 e. The molecule has 468 valence electrons. The molecule has 0 aliphatic rings. The first-order valence-electron chi connectivity index (χ1n) is 31.6. The summed E-state index contributed by atoms with van der Waals surface area (Å²) in [6, 6.07) is 80.4. The number of anilines is 2. The van der Waals surface area contributed by atoms with Gasteiger partial charge in [-0.1, -0.05) is 317 Å². The molecule has 0 aliphatic carbocycles. The molecule has 0 fully saturated rings. The normalized spacial score (nSPS) is 8.82. The minimum Gasteiger partial charge on any atom is -0.399 e. The second kappa shape index (κ2) is 58.5. The van der Waals surface area contributed by atoms with E-state index < -0.39 is 0 Å². The van der Waals surface area contributed by atoms with Gasteiger partial charge >= 0.3 is 0 Å². The first-order chi connectivity index (χ1) is 42.7. The molecular weight excluding hydrogens is 1110 g/mol. The first kappa shape index (κ1) is 83.3. The van der Waals surface area contributed by atoms with Crippen LogP contribution in [0.25, 0.3) is 21.8 Å². The minimum atomic E-state index is -0.270. The predicted molar refractivity (Wildman–Crippen MR) is 389 cm³/mol. The summed E-state index contributed by atoms with van der Waals surface area (Å²) in [5.41, 5.74) is 17.5. The number of fused-ring (bicyclic) bond motifs is 2. The topological polar surface area (TPSA) is 98.0 Å². The van der Waals surface area contributed by atoms with Crippen molar-refractivity contribution in [2.75, 3.05) is 11.1 Å². The van der Waals surface area contributed by atoms with Crippen molar-refractivity contribution in [2.45, 2.75) is 156 Å². The Hall–Kier alpha value is -7.90. The predicted octanol–water partition coefficient (Wildman–Crippen LogP) is 23.7.